The molecule has 2 rings (SSSR count). The SMILES string of the molecule is Cc1cc(-c2cc(Cl)c(O)cc2Cl)ccc1F. The highest BCUT2D eigenvalue weighted by Gasteiger charge is 2.09. The number of aromatic hydroxyl groups is 1. The zero-order chi connectivity index (χ0) is 12.6. The average Bonchev–Trinajstić information content (AvgIpc) is 2.27. The molecule has 0 spiro atoms. The molecular weight excluding hydrogens is 262 g/mol. The van der Waals surface area contributed by atoms with Gasteiger partial charge in [-0.3, -0.25) is 0 Å². The molecule has 0 aromatic heterocycles. The lowest BCUT2D eigenvalue weighted by Gasteiger charge is -2.08. The van der Waals surface area contributed by atoms with Crippen molar-refractivity contribution in [2.45, 2.75) is 6.92 Å². The van der Waals surface area contributed by atoms with Crippen LogP contribution >= 0.6 is 23.2 Å². The topological polar surface area (TPSA) is 20.2 Å². The van der Waals surface area contributed by atoms with Crippen molar-refractivity contribution >= 4 is 23.2 Å². The molecule has 0 heterocycles. The van der Waals surface area contributed by atoms with Crippen LogP contribution in [0.3, 0.4) is 0 Å². The van der Waals surface area contributed by atoms with Gasteiger partial charge in [0.15, 0.2) is 0 Å². The third-order valence-electron chi connectivity index (χ3n) is 2.51. The first-order chi connectivity index (χ1) is 7.99. The van der Waals surface area contributed by atoms with E-state index in [4.69, 9.17) is 23.2 Å². The van der Waals surface area contributed by atoms with E-state index in [1.54, 1.807) is 25.1 Å². The molecular formula is C13H9Cl2FO. The van der Waals surface area contributed by atoms with Gasteiger partial charge in [0.05, 0.1) is 10.0 Å². The number of halogens is 3. The van der Waals surface area contributed by atoms with Gasteiger partial charge in [-0.05, 0) is 36.2 Å². The molecule has 0 saturated heterocycles. The van der Waals surface area contributed by atoms with Crippen LogP contribution in [0.15, 0.2) is 30.3 Å². The molecule has 0 atom stereocenters. The fourth-order valence-electron chi connectivity index (χ4n) is 1.57. The minimum Gasteiger partial charge on any atom is -0.506 e. The third kappa shape index (κ3) is 2.38. The van der Waals surface area contributed by atoms with Crippen molar-refractivity contribution in [2.24, 2.45) is 0 Å². The first-order valence-electron chi connectivity index (χ1n) is 4.93. The Bertz CT molecular complexity index is 582. The van der Waals surface area contributed by atoms with Crippen molar-refractivity contribution in [3.05, 3.63) is 51.8 Å². The molecule has 1 nitrogen and oxygen atoms in total. The molecule has 1 N–H and O–H groups in total. The lowest BCUT2D eigenvalue weighted by atomic mass is 10.0. The van der Waals surface area contributed by atoms with Crippen molar-refractivity contribution in [3.63, 3.8) is 0 Å². The van der Waals surface area contributed by atoms with Crippen LogP contribution in [0.1, 0.15) is 5.56 Å². The van der Waals surface area contributed by atoms with E-state index in [0.717, 1.165) is 5.56 Å². The normalized spacial score (nSPS) is 10.6. The van der Waals surface area contributed by atoms with E-state index in [1.165, 1.54) is 12.1 Å². The Hall–Kier alpha value is -1.25. The molecule has 0 amide bonds. The van der Waals surface area contributed by atoms with E-state index in [2.05, 4.69) is 0 Å². The van der Waals surface area contributed by atoms with Crippen LogP contribution in [-0.2, 0) is 0 Å². The maximum Gasteiger partial charge on any atom is 0.135 e. The lowest BCUT2D eigenvalue weighted by molar-refractivity contribution is 0.475. The predicted molar refractivity (Wildman–Crippen MR) is 68.3 cm³/mol. The van der Waals surface area contributed by atoms with E-state index in [9.17, 15) is 9.50 Å². The van der Waals surface area contributed by atoms with Crippen molar-refractivity contribution in [1.82, 2.24) is 0 Å². The Morgan fingerprint density at radius 1 is 1.06 bits per heavy atom. The van der Waals surface area contributed by atoms with Gasteiger partial charge in [-0.1, -0.05) is 29.3 Å². The van der Waals surface area contributed by atoms with Crippen molar-refractivity contribution < 1.29 is 9.50 Å². The quantitative estimate of drug-likeness (QED) is 0.788. The Balaban J connectivity index is 2.60. The van der Waals surface area contributed by atoms with Gasteiger partial charge in [0.2, 0.25) is 0 Å². The Labute approximate surface area is 108 Å². The molecule has 0 fully saturated rings. The van der Waals surface area contributed by atoms with Crippen LogP contribution in [0.2, 0.25) is 10.0 Å². The fourth-order valence-corrected chi connectivity index (χ4v) is 2.00. The molecule has 2 aromatic rings. The maximum atomic E-state index is 13.2. The minimum atomic E-state index is -0.269. The molecule has 0 aliphatic carbocycles. The predicted octanol–water partition coefficient (Wildman–Crippen LogP) is 4.81. The molecule has 2 aromatic carbocycles. The molecule has 0 radical (unpaired) electrons. The van der Waals surface area contributed by atoms with Gasteiger partial charge >= 0.3 is 0 Å². The second-order valence-electron chi connectivity index (χ2n) is 3.75. The Kier molecular flexibility index (Phi) is 3.27. The van der Waals surface area contributed by atoms with Crippen molar-refractivity contribution in [3.8, 4) is 16.9 Å². The summed E-state index contributed by atoms with van der Waals surface area (Å²) in [5, 5.41) is 9.98. The Morgan fingerprint density at radius 3 is 2.41 bits per heavy atom. The monoisotopic (exact) mass is 270 g/mol. The highest BCUT2D eigenvalue weighted by Crippen LogP contribution is 2.36. The summed E-state index contributed by atoms with van der Waals surface area (Å²) in [4.78, 5) is 0. The summed E-state index contributed by atoms with van der Waals surface area (Å²) >= 11 is 11.8. The maximum absolute atomic E-state index is 13.2. The van der Waals surface area contributed by atoms with E-state index in [-0.39, 0.29) is 16.6 Å². The smallest absolute Gasteiger partial charge is 0.135 e. The van der Waals surface area contributed by atoms with Crippen LogP contribution in [-0.4, -0.2) is 5.11 Å². The van der Waals surface area contributed by atoms with Gasteiger partial charge < -0.3 is 5.11 Å². The first-order valence-corrected chi connectivity index (χ1v) is 5.69. The number of rotatable bonds is 1. The molecule has 0 bridgehead atoms. The van der Waals surface area contributed by atoms with Gasteiger partial charge in [-0.2, -0.15) is 0 Å². The summed E-state index contributed by atoms with van der Waals surface area (Å²) < 4.78 is 13.2. The van der Waals surface area contributed by atoms with Crippen LogP contribution in [0.4, 0.5) is 4.39 Å². The minimum absolute atomic E-state index is 0.0701. The zero-order valence-corrected chi connectivity index (χ0v) is 10.5. The van der Waals surface area contributed by atoms with Crippen molar-refractivity contribution in [1.29, 1.82) is 0 Å². The van der Waals surface area contributed by atoms with Gasteiger partial charge in [0.25, 0.3) is 0 Å². The molecule has 4 heteroatoms. The third-order valence-corrected chi connectivity index (χ3v) is 3.12. The van der Waals surface area contributed by atoms with Crippen molar-refractivity contribution in [2.75, 3.05) is 0 Å². The largest absolute Gasteiger partial charge is 0.506 e. The fraction of sp³-hybridized carbons (Fsp3) is 0.0769. The van der Waals surface area contributed by atoms with E-state index in [1.807, 2.05) is 0 Å². The van der Waals surface area contributed by atoms with E-state index in [0.29, 0.717) is 16.1 Å². The lowest BCUT2D eigenvalue weighted by Crippen LogP contribution is -1.85. The van der Waals surface area contributed by atoms with Crippen LogP contribution in [0.25, 0.3) is 11.1 Å². The molecule has 0 aliphatic heterocycles. The number of hydrogen-bond donors (Lipinski definition) is 1. The molecule has 0 unspecified atom stereocenters. The number of phenolic OH excluding ortho intramolecular Hbond substituents is 1. The molecule has 17 heavy (non-hydrogen) atoms. The first kappa shape index (κ1) is 12.2. The van der Waals surface area contributed by atoms with Crippen LogP contribution < -0.4 is 0 Å². The van der Waals surface area contributed by atoms with Gasteiger partial charge in [0, 0.05) is 11.6 Å². The zero-order valence-electron chi connectivity index (χ0n) is 8.97. The summed E-state index contributed by atoms with van der Waals surface area (Å²) in [6.07, 6.45) is 0. The summed E-state index contributed by atoms with van der Waals surface area (Å²) in [7, 11) is 0. The number of aryl methyl sites for hydroxylation is 1. The standard InChI is InChI=1S/C13H9Cl2FO/c1-7-4-8(2-3-12(7)16)9-5-11(15)13(17)6-10(9)14/h2-6,17H,1H3. The summed E-state index contributed by atoms with van der Waals surface area (Å²) in [5.74, 6) is -0.339. The number of benzene rings is 2. The average molecular weight is 271 g/mol. The highest BCUT2D eigenvalue weighted by molar-refractivity contribution is 6.36. The summed E-state index contributed by atoms with van der Waals surface area (Å²) in [6, 6.07) is 7.62. The molecule has 0 aliphatic rings. The number of hydrogen-bond acceptors (Lipinski definition) is 1. The number of phenols is 1. The van der Waals surface area contributed by atoms with Crippen LogP contribution in [0.5, 0.6) is 5.75 Å². The van der Waals surface area contributed by atoms with Gasteiger partial charge in [-0.25, -0.2) is 4.39 Å². The second-order valence-corrected chi connectivity index (χ2v) is 4.56. The van der Waals surface area contributed by atoms with Gasteiger partial charge in [-0.15, -0.1) is 0 Å². The van der Waals surface area contributed by atoms with E-state index >= 15 is 0 Å². The van der Waals surface area contributed by atoms with Crippen LogP contribution in [0, 0.1) is 12.7 Å². The Morgan fingerprint density at radius 2 is 1.76 bits per heavy atom. The highest BCUT2D eigenvalue weighted by atomic mass is 35.5. The van der Waals surface area contributed by atoms with Gasteiger partial charge in [0.1, 0.15) is 11.6 Å². The molecule has 88 valence electrons. The van der Waals surface area contributed by atoms with E-state index < -0.39 is 0 Å². The summed E-state index contributed by atoms with van der Waals surface area (Å²) in [6.45, 7) is 1.68. The second kappa shape index (κ2) is 4.55. The molecule has 0 saturated carbocycles. The summed E-state index contributed by atoms with van der Waals surface area (Å²) in [5.41, 5.74) is 1.95.